The monoisotopic (exact) mass is 1200 g/mol. The molecule has 0 aromatic heterocycles. The van der Waals surface area contributed by atoms with Crippen molar-refractivity contribution >= 4 is 39.5 Å². The van der Waals surface area contributed by atoms with E-state index in [4.69, 9.17) is 37.0 Å². The van der Waals surface area contributed by atoms with Crippen molar-refractivity contribution < 1.29 is 80.2 Å². The Morgan fingerprint density at radius 2 is 0.568 bits per heavy atom. The highest BCUT2D eigenvalue weighted by atomic mass is 31.2. The molecule has 480 valence electrons. The first-order chi connectivity index (χ1) is 38.7. The number of hydrogen-bond donors (Lipinski definition) is 3. The number of carbonyl (C=O) groups excluding carboxylic acids is 4. The number of unbranched alkanes of at least 4 members (excludes halogenated alkanes) is 28. The lowest BCUT2D eigenvalue weighted by atomic mass is 10.0. The molecule has 0 saturated carbocycles. The summed E-state index contributed by atoms with van der Waals surface area (Å²) in [7, 11) is -9.88. The molecule has 0 radical (unpaired) electrons. The maximum Gasteiger partial charge on any atom is 0.472 e. The Bertz CT molecular complexity index is 1610. The van der Waals surface area contributed by atoms with E-state index < -0.39 is 97.5 Å². The largest absolute Gasteiger partial charge is 0.472 e. The first-order valence-corrected chi connectivity index (χ1v) is 35.3. The molecule has 81 heavy (non-hydrogen) atoms. The third-order valence-electron chi connectivity index (χ3n) is 14.1. The maximum absolute atomic E-state index is 13.0. The van der Waals surface area contributed by atoms with Gasteiger partial charge in [-0.3, -0.25) is 37.3 Å². The lowest BCUT2D eigenvalue weighted by molar-refractivity contribution is -0.161. The van der Waals surface area contributed by atoms with E-state index in [-0.39, 0.29) is 25.7 Å². The fourth-order valence-corrected chi connectivity index (χ4v) is 10.7. The molecule has 0 rings (SSSR count). The van der Waals surface area contributed by atoms with Gasteiger partial charge in [-0.2, -0.15) is 0 Å². The zero-order chi connectivity index (χ0) is 60.3. The minimum Gasteiger partial charge on any atom is -0.462 e. The fraction of sp³-hybridized carbons (Fsp3) is 0.935. The molecule has 2 unspecified atom stereocenters. The summed E-state index contributed by atoms with van der Waals surface area (Å²) in [5.74, 6) is 0.0144. The van der Waals surface area contributed by atoms with Gasteiger partial charge in [0.05, 0.1) is 26.4 Å². The Kier molecular flexibility index (Phi) is 52.2. The molecule has 0 bridgehead atoms. The van der Waals surface area contributed by atoms with Crippen LogP contribution in [-0.4, -0.2) is 96.7 Å². The van der Waals surface area contributed by atoms with Gasteiger partial charge >= 0.3 is 39.5 Å². The average molecular weight is 1200 g/mol. The van der Waals surface area contributed by atoms with Gasteiger partial charge in [-0.15, -0.1) is 0 Å². The minimum absolute atomic E-state index is 0.101. The van der Waals surface area contributed by atoms with Crippen LogP contribution in [-0.2, 0) is 65.4 Å². The van der Waals surface area contributed by atoms with Crippen LogP contribution in [0.4, 0.5) is 0 Å². The Morgan fingerprint density at radius 3 is 0.840 bits per heavy atom. The lowest BCUT2D eigenvalue weighted by Gasteiger charge is -2.21. The van der Waals surface area contributed by atoms with E-state index in [9.17, 15) is 43.2 Å². The van der Waals surface area contributed by atoms with Gasteiger partial charge in [-0.05, 0) is 43.4 Å². The first kappa shape index (κ1) is 79.1. The number of aliphatic hydroxyl groups excluding tert-OH is 1. The summed E-state index contributed by atoms with van der Waals surface area (Å²) in [6, 6.07) is 0. The van der Waals surface area contributed by atoms with Crippen LogP contribution in [0.25, 0.3) is 0 Å². The molecule has 5 atom stereocenters. The average Bonchev–Trinajstić information content (AvgIpc) is 3.41. The number of phosphoric acid groups is 2. The van der Waals surface area contributed by atoms with Gasteiger partial charge in [-0.1, -0.05) is 248 Å². The number of rotatable bonds is 60. The predicted molar refractivity (Wildman–Crippen MR) is 321 cm³/mol. The smallest absolute Gasteiger partial charge is 0.462 e. The number of esters is 4. The highest BCUT2D eigenvalue weighted by Gasteiger charge is 2.30. The van der Waals surface area contributed by atoms with Gasteiger partial charge in [0, 0.05) is 25.7 Å². The summed E-state index contributed by atoms with van der Waals surface area (Å²) < 4.78 is 67.8. The Morgan fingerprint density at radius 1 is 0.333 bits per heavy atom. The fourth-order valence-electron chi connectivity index (χ4n) is 9.13. The van der Waals surface area contributed by atoms with Crippen LogP contribution >= 0.6 is 15.6 Å². The first-order valence-electron chi connectivity index (χ1n) is 32.3. The van der Waals surface area contributed by atoms with E-state index in [1.807, 2.05) is 0 Å². The lowest BCUT2D eigenvalue weighted by Crippen LogP contribution is -2.30. The molecule has 0 heterocycles. The van der Waals surface area contributed by atoms with Crippen molar-refractivity contribution in [1.29, 1.82) is 0 Å². The van der Waals surface area contributed by atoms with Crippen molar-refractivity contribution in [1.82, 2.24) is 0 Å². The molecular weight excluding hydrogens is 1080 g/mol. The second-order valence-corrected chi connectivity index (χ2v) is 26.8. The molecule has 0 spiro atoms. The van der Waals surface area contributed by atoms with E-state index in [1.165, 1.54) is 96.3 Å². The molecule has 17 nitrogen and oxygen atoms in total. The molecule has 0 aromatic carbocycles. The van der Waals surface area contributed by atoms with Gasteiger partial charge in [-0.25, -0.2) is 9.13 Å². The minimum atomic E-state index is -4.94. The SMILES string of the molecule is CCCCCCCCCC(=O)OC[C@H](COP(=O)(O)OC[C@H](O)COP(=O)(O)OC[C@@H](COC(=O)CCCCCCCCCCC(C)C)OC(=O)CCCCCCCCCCCCCC(C)C)OC(=O)CCCCCCCCC(C)C. The van der Waals surface area contributed by atoms with Crippen LogP contribution < -0.4 is 0 Å². The van der Waals surface area contributed by atoms with Crippen molar-refractivity contribution in [3.8, 4) is 0 Å². The second-order valence-electron chi connectivity index (χ2n) is 23.9. The standard InChI is InChI=1S/C62H120O17P2/c1-8-9-10-11-19-29-36-43-59(64)72-49-58(79-62(67)46-39-32-25-24-28-35-42-55(6)7)52-77-81(70,71)75-48-56(63)47-74-80(68,69)76-51-57(50-73-60(65)44-37-30-22-18-17-21-27-34-41-54(4)5)78-61(66)45-38-31-23-16-14-12-13-15-20-26-33-40-53(2)3/h53-58,63H,8-52H2,1-7H3,(H,68,69)(H,70,71)/t56-,57-,58-/m1/s1. The number of ether oxygens (including phenoxy) is 4. The molecular formula is C62H120O17P2. The molecule has 0 fully saturated rings. The molecule has 0 saturated heterocycles. The van der Waals surface area contributed by atoms with Crippen molar-refractivity contribution in [2.75, 3.05) is 39.6 Å². The molecule has 19 heteroatoms. The molecule has 0 aliphatic carbocycles. The van der Waals surface area contributed by atoms with Crippen LogP contribution in [0.15, 0.2) is 0 Å². The summed E-state index contributed by atoms with van der Waals surface area (Å²) >= 11 is 0. The summed E-state index contributed by atoms with van der Waals surface area (Å²) in [5, 5.41) is 10.5. The summed E-state index contributed by atoms with van der Waals surface area (Å²) in [6.45, 7) is 11.6. The molecule has 0 aliphatic heterocycles. The van der Waals surface area contributed by atoms with E-state index in [0.717, 1.165) is 115 Å². The van der Waals surface area contributed by atoms with Crippen LogP contribution in [0.1, 0.15) is 299 Å². The van der Waals surface area contributed by atoms with Gasteiger partial charge < -0.3 is 33.8 Å². The van der Waals surface area contributed by atoms with E-state index in [2.05, 4.69) is 48.5 Å². The molecule has 0 aromatic rings. The third-order valence-corrected chi connectivity index (χ3v) is 16.0. The highest BCUT2D eigenvalue weighted by molar-refractivity contribution is 7.47. The number of phosphoric ester groups is 2. The number of hydrogen-bond acceptors (Lipinski definition) is 15. The third kappa shape index (κ3) is 56.9. The van der Waals surface area contributed by atoms with E-state index in [0.29, 0.717) is 31.6 Å². The van der Waals surface area contributed by atoms with Gasteiger partial charge in [0.25, 0.3) is 0 Å². The second kappa shape index (κ2) is 53.5. The number of carbonyl (C=O) groups is 4. The van der Waals surface area contributed by atoms with Crippen LogP contribution in [0.2, 0.25) is 0 Å². The quantitative estimate of drug-likeness (QED) is 0.0222. The zero-order valence-electron chi connectivity index (χ0n) is 52.2. The van der Waals surface area contributed by atoms with Crippen molar-refractivity contribution in [3.63, 3.8) is 0 Å². The predicted octanol–water partition coefficient (Wildman–Crippen LogP) is 16.7. The molecule has 0 aliphatic rings. The van der Waals surface area contributed by atoms with Crippen molar-refractivity contribution in [2.24, 2.45) is 17.8 Å². The van der Waals surface area contributed by atoms with Crippen LogP contribution in [0.5, 0.6) is 0 Å². The van der Waals surface area contributed by atoms with Gasteiger partial charge in [0.1, 0.15) is 19.3 Å². The van der Waals surface area contributed by atoms with Gasteiger partial charge in [0.15, 0.2) is 12.2 Å². The van der Waals surface area contributed by atoms with Crippen molar-refractivity contribution in [2.45, 2.75) is 317 Å². The summed E-state index contributed by atoms with van der Waals surface area (Å²) in [5.41, 5.74) is 0. The Hall–Kier alpha value is -1.94. The van der Waals surface area contributed by atoms with Crippen molar-refractivity contribution in [3.05, 3.63) is 0 Å². The Balaban J connectivity index is 5.22. The van der Waals surface area contributed by atoms with E-state index in [1.54, 1.807) is 0 Å². The topological polar surface area (TPSA) is 237 Å². The molecule has 3 N–H and O–H groups in total. The number of aliphatic hydroxyl groups is 1. The zero-order valence-corrected chi connectivity index (χ0v) is 54.0. The summed E-state index contributed by atoms with van der Waals surface area (Å²) in [6.07, 6.45) is 33.8. The maximum atomic E-state index is 13.0. The highest BCUT2D eigenvalue weighted by Crippen LogP contribution is 2.45. The Labute approximate surface area is 492 Å². The normalized spacial score (nSPS) is 14.4. The van der Waals surface area contributed by atoms with Gasteiger partial charge in [0.2, 0.25) is 0 Å². The van der Waals surface area contributed by atoms with Crippen LogP contribution in [0, 0.1) is 17.8 Å². The summed E-state index contributed by atoms with van der Waals surface area (Å²) in [4.78, 5) is 72.0. The molecule has 0 amide bonds. The van der Waals surface area contributed by atoms with Crippen LogP contribution in [0.3, 0.4) is 0 Å². The van der Waals surface area contributed by atoms with E-state index >= 15 is 0 Å².